The number of fused-ring (bicyclic) bond motifs is 2. The lowest BCUT2D eigenvalue weighted by Gasteiger charge is -2.41. The van der Waals surface area contributed by atoms with E-state index in [1.807, 2.05) is 31.4 Å². The van der Waals surface area contributed by atoms with Gasteiger partial charge >= 0.3 is 0 Å². The molecule has 2 aromatic heterocycles. The molecule has 4 heterocycles. The summed E-state index contributed by atoms with van der Waals surface area (Å²) in [5.74, 6) is 1.38. The van der Waals surface area contributed by atoms with Gasteiger partial charge in [0.1, 0.15) is 0 Å². The molecule has 0 atom stereocenters. The second kappa shape index (κ2) is 3.97. The third-order valence-corrected chi connectivity index (χ3v) is 4.60. The van der Waals surface area contributed by atoms with Crippen LogP contribution in [0.4, 0.5) is 0 Å². The van der Waals surface area contributed by atoms with Gasteiger partial charge in [0.2, 0.25) is 11.7 Å². The molecule has 3 aliphatic rings. The summed E-state index contributed by atoms with van der Waals surface area (Å²) in [6, 6.07) is 0. The van der Waals surface area contributed by atoms with Crippen molar-refractivity contribution in [3.05, 3.63) is 23.7 Å². The fourth-order valence-corrected chi connectivity index (χ4v) is 3.75. The lowest BCUT2D eigenvalue weighted by atomic mass is 9.62. The highest BCUT2D eigenvalue weighted by molar-refractivity contribution is 5.41. The summed E-state index contributed by atoms with van der Waals surface area (Å²) < 4.78 is 13.6. The molecule has 21 heavy (non-hydrogen) atoms. The van der Waals surface area contributed by atoms with E-state index in [4.69, 9.17) is 14.5 Å². The van der Waals surface area contributed by atoms with Gasteiger partial charge in [-0.2, -0.15) is 4.98 Å². The van der Waals surface area contributed by atoms with Crippen LogP contribution < -0.4 is 4.74 Å². The van der Waals surface area contributed by atoms with Crippen molar-refractivity contribution in [2.24, 2.45) is 0 Å². The molecule has 0 radical (unpaired) electrons. The third kappa shape index (κ3) is 1.87. The topological polar surface area (TPSA) is 48.7 Å². The first kappa shape index (κ1) is 13.1. The van der Waals surface area contributed by atoms with E-state index in [0.717, 1.165) is 30.7 Å². The second-order valence-electron chi connectivity index (χ2n) is 7.10. The van der Waals surface area contributed by atoms with Crippen molar-refractivity contribution in [2.75, 3.05) is 6.61 Å². The van der Waals surface area contributed by atoms with Crippen molar-refractivity contribution in [2.45, 2.75) is 57.7 Å². The maximum absolute atomic E-state index is 5.87. The maximum atomic E-state index is 5.87. The van der Waals surface area contributed by atoms with Crippen molar-refractivity contribution in [1.82, 2.24) is 14.4 Å². The number of imidazole rings is 1. The van der Waals surface area contributed by atoms with E-state index < -0.39 is 0 Å². The van der Waals surface area contributed by atoms with E-state index in [2.05, 4.69) is 18.1 Å². The number of aromatic nitrogens is 3. The average molecular weight is 287 g/mol. The first-order valence-electron chi connectivity index (χ1n) is 7.57. The first-order chi connectivity index (χ1) is 9.89. The molecule has 2 aromatic rings. The Hall–Kier alpha value is -1.62. The van der Waals surface area contributed by atoms with Crippen LogP contribution in [0.3, 0.4) is 0 Å². The highest BCUT2D eigenvalue weighted by Gasteiger charge is 2.61. The van der Waals surface area contributed by atoms with E-state index in [0.29, 0.717) is 11.7 Å². The van der Waals surface area contributed by atoms with Crippen LogP contribution in [0.15, 0.2) is 12.4 Å². The lowest BCUT2D eigenvalue weighted by molar-refractivity contribution is 0.0154. The van der Waals surface area contributed by atoms with Gasteiger partial charge in [0.25, 0.3) is 0 Å². The zero-order valence-corrected chi connectivity index (χ0v) is 13.0. The van der Waals surface area contributed by atoms with Crippen LogP contribution >= 0.6 is 0 Å². The number of nitrogens with zero attached hydrogens (tertiary/aromatic N) is 3. The molecule has 1 saturated carbocycles. The minimum Gasteiger partial charge on any atom is -0.475 e. The van der Waals surface area contributed by atoms with E-state index in [9.17, 15) is 0 Å². The lowest BCUT2D eigenvalue weighted by Crippen LogP contribution is -2.45. The first-order valence-corrected chi connectivity index (χ1v) is 7.57. The van der Waals surface area contributed by atoms with Gasteiger partial charge in [0, 0.05) is 23.4 Å². The van der Waals surface area contributed by atoms with Crippen LogP contribution in [0.25, 0.3) is 5.78 Å². The van der Waals surface area contributed by atoms with Gasteiger partial charge in [-0.05, 0) is 40.5 Å². The molecular weight excluding hydrogens is 266 g/mol. The van der Waals surface area contributed by atoms with E-state index >= 15 is 0 Å². The van der Waals surface area contributed by atoms with Gasteiger partial charge in [-0.1, -0.05) is 0 Å². The fraction of sp³-hybridized carbons (Fsp3) is 0.625. The van der Waals surface area contributed by atoms with E-state index in [-0.39, 0.29) is 17.1 Å². The summed E-state index contributed by atoms with van der Waals surface area (Å²) in [6.45, 7) is 8.99. The Morgan fingerprint density at radius 2 is 2.05 bits per heavy atom. The number of ether oxygens (including phenoxy) is 2. The van der Waals surface area contributed by atoms with E-state index in [1.165, 1.54) is 0 Å². The minimum atomic E-state index is 0.0745. The predicted octanol–water partition coefficient (Wildman–Crippen LogP) is 2.65. The summed E-state index contributed by atoms with van der Waals surface area (Å²) in [5.41, 5.74) is 2.31. The van der Waals surface area contributed by atoms with Crippen LogP contribution in [-0.2, 0) is 10.2 Å². The molecule has 0 unspecified atom stereocenters. The van der Waals surface area contributed by atoms with Crippen molar-refractivity contribution < 1.29 is 9.47 Å². The molecule has 0 spiro atoms. The van der Waals surface area contributed by atoms with Gasteiger partial charge < -0.3 is 9.47 Å². The van der Waals surface area contributed by atoms with E-state index in [1.54, 1.807) is 0 Å². The Balaban J connectivity index is 1.74. The highest BCUT2D eigenvalue weighted by Crippen LogP contribution is 2.58. The quantitative estimate of drug-likeness (QED) is 0.870. The molecule has 2 bridgehead atoms. The minimum absolute atomic E-state index is 0.0745. The second-order valence-corrected chi connectivity index (χ2v) is 7.10. The molecule has 112 valence electrons. The van der Waals surface area contributed by atoms with Crippen LogP contribution in [0.2, 0.25) is 0 Å². The van der Waals surface area contributed by atoms with Gasteiger partial charge in [-0.15, -0.1) is 0 Å². The summed E-state index contributed by atoms with van der Waals surface area (Å²) in [6.07, 6.45) is 6.39. The average Bonchev–Trinajstić information content (AvgIpc) is 2.99. The number of hydrogen-bond acceptors (Lipinski definition) is 4. The summed E-state index contributed by atoms with van der Waals surface area (Å²) in [7, 11) is 0. The van der Waals surface area contributed by atoms with Crippen molar-refractivity contribution >= 4 is 5.78 Å². The Morgan fingerprint density at radius 1 is 1.29 bits per heavy atom. The Labute approximate surface area is 124 Å². The van der Waals surface area contributed by atoms with Gasteiger partial charge in [-0.25, -0.2) is 4.98 Å². The fourth-order valence-electron chi connectivity index (χ4n) is 3.75. The Morgan fingerprint density at radius 3 is 2.67 bits per heavy atom. The van der Waals surface area contributed by atoms with Crippen molar-refractivity contribution in [3.63, 3.8) is 0 Å². The molecule has 5 rings (SSSR count). The van der Waals surface area contributed by atoms with Gasteiger partial charge in [0.15, 0.2) is 0 Å². The predicted molar refractivity (Wildman–Crippen MR) is 78.8 cm³/mol. The SMILES string of the molecule is Cc1cn2cc(C34COC(C)(C3)C4)nc2nc1OC(C)C. The molecule has 1 aliphatic carbocycles. The third-order valence-electron chi connectivity index (χ3n) is 4.60. The summed E-state index contributed by atoms with van der Waals surface area (Å²) in [4.78, 5) is 9.30. The smallest absolute Gasteiger partial charge is 0.237 e. The molecule has 5 nitrogen and oxygen atoms in total. The molecule has 0 amide bonds. The number of aryl methyl sites for hydroxylation is 1. The zero-order valence-electron chi connectivity index (χ0n) is 13.0. The van der Waals surface area contributed by atoms with Crippen LogP contribution in [0.1, 0.15) is 44.9 Å². The standard InChI is InChI=1S/C16H21N3O2/c1-10(2)21-13-11(3)5-19-6-12(17-14(19)18-13)16-7-15(4,8-16)20-9-16/h5-6,10H,7-9H2,1-4H3. The Bertz CT molecular complexity index is 714. The molecule has 2 aliphatic heterocycles. The highest BCUT2D eigenvalue weighted by atomic mass is 16.5. The summed E-state index contributed by atoms with van der Waals surface area (Å²) >= 11 is 0. The van der Waals surface area contributed by atoms with Crippen LogP contribution in [0.5, 0.6) is 5.88 Å². The van der Waals surface area contributed by atoms with Gasteiger partial charge in [-0.3, -0.25) is 4.40 Å². The van der Waals surface area contributed by atoms with Crippen LogP contribution in [-0.4, -0.2) is 32.7 Å². The molecule has 5 heteroatoms. The zero-order chi connectivity index (χ0) is 14.8. The van der Waals surface area contributed by atoms with Crippen LogP contribution in [0, 0.1) is 6.92 Å². The maximum Gasteiger partial charge on any atom is 0.237 e. The number of hydrogen-bond donors (Lipinski definition) is 0. The Kier molecular flexibility index (Phi) is 2.47. The summed E-state index contributed by atoms with van der Waals surface area (Å²) in [5, 5.41) is 0. The molecule has 0 aromatic carbocycles. The molecular formula is C16H21N3O2. The normalized spacial score (nSPS) is 30.9. The molecule has 0 N–H and O–H groups in total. The molecule has 2 saturated heterocycles. The monoisotopic (exact) mass is 287 g/mol. The number of rotatable bonds is 3. The van der Waals surface area contributed by atoms with Gasteiger partial charge in [0.05, 0.1) is 24.0 Å². The van der Waals surface area contributed by atoms with Crippen molar-refractivity contribution in [3.8, 4) is 5.88 Å². The van der Waals surface area contributed by atoms with Crippen molar-refractivity contribution in [1.29, 1.82) is 0 Å². The largest absolute Gasteiger partial charge is 0.475 e. The molecule has 3 fully saturated rings.